The molecule has 0 unspecified atom stereocenters. The lowest BCUT2D eigenvalue weighted by atomic mass is 9.30. The summed E-state index contributed by atoms with van der Waals surface area (Å²) in [6.45, 7) is 5.20. The molecule has 7 aromatic carbocycles. The van der Waals surface area contributed by atoms with Crippen molar-refractivity contribution in [2.75, 3.05) is 9.80 Å². The molecular weight excluding hydrogens is 678 g/mol. The third-order valence-electron chi connectivity index (χ3n) is 12.2. The van der Waals surface area contributed by atoms with Crippen molar-refractivity contribution in [3.8, 4) is 0 Å². The molecular formula is C47H32B2N2S2. The van der Waals surface area contributed by atoms with Gasteiger partial charge >= 0.3 is 0 Å². The molecule has 0 N–H and O–H groups in total. The molecule has 0 amide bonds. The number of hydrogen-bond donors (Lipinski definition) is 0. The molecule has 1 aliphatic carbocycles. The minimum absolute atomic E-state index is 0.140. The van der Waals surface area contributed by atoms with Crippen LogP contribution in [0.4, 0.5) is 28.4 Å². The standard InChI is InChI=1S/C47H32B2N2S2/c1-47(2)32-20-10-9-19-31(32)45-46(47)49-35-27-34-41(28-42(35)53-40-26-14-24-38(44(40)49)51(45)30-17-7-4-8-18-30)52-39-25-13-23-37-43(39)48(34)33-21-11-12-22-36(33)50(37)29-15-5-3-6-16-29/h3-28H,1-2H3. The van der Waals surface area contributed by atoms with E-state index >= 15 is 0 Å². The van der Waals surface area contributed by atoms with Crippen LogP contribution in [-0.2, 0) is 5.41 Å². The average molecular weight is 711 g/mol. The van der Waals surface area contributed by atoms with E-state index in [0.29, 0.717) is 0 Å². The second-order valence-electron chi connectivity index (χ2n) is 15.2. The van der Waals surface area contributed by atoms with E-state index < -0.39 is 0 Å². The summed E-state index contributed by atoms with van der Waals surface area (Å²) in [5.74, 6) is 0. The van der Waals surface area contributed by atoms with Crippen LogP contribution >= 0.6 is 23.5 Å². The van der Waals surface area contributed by atoms with E-state index in [1.165, 1.54) is 97.6 Å². The van der Waals surface area contributed by atoms with Crippen molar-refractivity contribution in [1.82, 2.24) is 0 Å². The van der Waals surface area contributed by atoms with Gasteiger partial charge < -0.3 is 9.80 Å². The number of allylic oxidation sites excluding steroid dienone is 1. The fourth-order valence-electron chi connectivity index (χ4n) is 10.1. The van der Waals surface area contributed by atoms with Gasteiger partial charge in [0.15, 0.2) is 0 Å². The Bertz CT molecular complexity index is 2740. The van der Waals surface area contributed by atoms with E-state index in [1.54, 1.807) is 0 Å². The van der Waals surface area contributed by atoms with Crippen LogP contribution in [0.25, 0.3) is 5.70 Å². The Labute approximate surface area is 319 Å². The Hall–Kier alpha value is -5.29. The topological polar surface area (TPSA) is 6.48 Å². The normalized spacial score (nSPS) is 16.3. The molecule has 0 aromatic heterocycles. The molecule has 2 nitrogen and oxygen atoms in total. The second-order valence-corrected chi connectivity index (χ2v) is 17.4. The Balaban J connectivity index is 1.12. The third-order valence-corrected chi connectivity index (χ3v) is 14.5. The molecule has 6 heteroatoms. The maximum absolute atomic E-state index is 2.64. The minimum Gasteiger partial charge on any atom is -0.311 e. The predicted octanol–water partition coefficient (Wildman–Crippen LogP) is 8.92. The van der Waals surface area contributed by atoms with Crippen LogP contribution in [0.3, 0.4) is 0 Å². The van der Waals surface area contributed by atoms with Crippen LogP contribution in [0.1, 0.15) is 25.0 Å². The first-order chi connectivity index (χ1) is 26.1. The van der Waals surface area contributed by atoms with Gasteiger partial charge in [-0.3, -0.25) is 0 Å². The molecule has 0 saturated heterocycles. The van der Waals surface area contributed by atoms with Crippen molar-refractivity contribution in [2.24, 2.45) is 0 Å². The molecule has 0 saturated carbocycles. The highest BCUT2D eigenvalue weighted by Crippen LogP contribution is 2.55. The lowest BCUT2D eigenvalue weighted by molar-refractivity contribution is 0.665. The van der Waals surface area contributed by atoms with Gasteiger partial charge in [-0.1, -0.05) is 151 Å². The van der Waals surface area contributed by atoms with Crippen molar-refractivity contribution < 1.29 is 0 Å². The fraction of sp³-hybridized carbons (Fsp3) is 0.0638. The molecule has 53 heavy (non-hydrogen) atoms. The minimum atomic E-state index is -0.161. The quantitative estimate of drug-likeness (QED) is 0.165. The maximum atomic E-state index is 2.64. The van der Waals surface area contributed by atoms with E-state index in [0.717, 1.165) is 0 Å². The smallest absolute Gasteiger partial charge is 0.249 e. The lowest BCUT2D eigenvalue weighted by Gasteiger charge is -2.43. The van der Waals surface area contributed by atoms with Gasteiger partial charge in [0.2, 0.25) is 13.4 Å². The Kier molecular flexibility index (Phi) is 6.20. The molecule has 5 aliphatic rings. The van der Waals surface area contributed by atoms with E-state index in [1.807, 2.05) is 23.5 Å². The van der Waals surface area contributed by atoms with Crippen LogP contribution < -0.4 is 37.1 Å². The van der Waals surface area contributed by atoms with Gasteiger partial charge in [0, 0.05) is 64.7 Å². The first-order valence-corrected chi connectivity index (χ1v) is 20.1. The number of nitrogens with zero attached hydrogens (tertiary/aromatic N) is 2. The molecule has 248 valence electrons. The number of rotatable bonds is 2. The van der Waals surface area contributed by atoms with E-state index in [-0.39, 0.29) is 18.8 Å². The summed E-state index contributed by atoms with van der Waals surface area (Å²) in [7, 11) is 0. The molecule has 0 atom stereocenters. The summed E-state index contributed by atoms with van der Waals surface area (Å²) in [6, 6.07) is 59.2. The number of fused-ring (bicyclic) bond motifs is 9. The highest BCUT2D eigenvalue weighted by atomic mass is 32.2. The third kappa shape index (κ3) is 4.00. The summed E-state index contributed by atoms with van der Waals surface area (Å²) < 4.78 is 0. The highest BCUT2D eigenvalue weighted by molar-refractivity contribution is 8.01. The van der Waals surface area contributed by atoms with Crippen molar-refractivity contribution in [2.45, 2.75) is 38.8 Å². The molecule has 0 bridgehead atoms. The number of hydrogen-bond acceptors (Lipinski definition) is 4. The zero-order chi connectivity index (χ0) is 35.0. The highest BCUT2D eigenvalue weighted by Gasteiger charge is 2.52. The van der Waals surface area contributed by atoms with Crippen LogP contribution in [0.15, 0.2) is 183 Å². The number of para-hydroxylation sites is 3. The summed E-state index contributed by atoms with van der Waals surface area (Å²) in [6.07, 6.45) is 0. The van der Waals surface area contributed by atoms with Crippen molar-refractivity contribution >= 4 is 98.4 Å². The number of anilines is 5. The Morgan fingerprint density at radius 1 is 0.453 bits per heavy atom. The van der Waals surface area contributed by atoms with Gasteiger partial charge in [-0.15, -0.1) is 0 Å². The van der Waals surface area contributed by atoms with Gasteiger partial charge in [0.1, 0.15) is 0 Å². The number of benzene rings is 7. The van der Waals surface area contributed by atoms with Crippen molar-refractivity contribution in [3.63, 3.8) is 0 Å². The van der Waals surface area contributed by atoms with Crippen LogP contribution in [0.5, 0.6) is 0 Å². The van der Waals surface area contributed by atoms with Gasteiger partial charge in [0.25, 0.3) is 0 Å². The summed E-state index contributed by atoms with van der Waals surface area (Å²) >= 11 is 3.91. The molecule has 12 rings (SSSR count). The van der Waals surface area contributed by atoms with Crippen molar-refractivity contribution in [3.05, 3.63) is 174 Å². The molecule has 4 heterocycles. The zero-order valence-electron chi connectivity index (χ0n) is 29.4. The van der Waals surface area contributed by atoms with E-state index in [2.05, 4.69) is 181 Å². The largest absolute Gasteiger partial charge is 0.311 e. The van der Waals surface area contributed by atoms with Crippen LogP contribution in [0.2, 0.25) is 0 Å². The predicted molar refractivity (Wildman–Crippen MR) is 227 cm³/mol. The van der Waals surface area contributed by atoms with Gasteiger partial charge in [-0.25, -0.2) is 0 Å². The maximum Gasteiger partial charge on any atom is 0.249 e. The van der Waals surface area contributed by atoms with Crippen molar-refractivity contribution in [1.29, 1.82) is 0 Å². The first-order valence-electron chi connectivity index (χ1n) is 18.5. The second kappa shape index (κ2) is 10.9. The molecule has 0 radical (unpaired) electrons. The Morgan fingerprint density at radius 2 is 1.00 bits per heavy atom. The van der Waals surface area contributed by atoms with E-state index in [9.17, 15) is 0 Å². The first kappa shape index (κ1) is 30.2. The Morgan fingerprint density at radius 3 is 1.72 bits per heavy atom. The molecule has 4 aliphatic heterocycles. The van der Waals surface area contributed by atoms with Crippen LogP contribution in [-0.4, -0.2) is 13.4 Å². The van der Waals surface area contributed by atoms with E-state index in [4.69, 9.17) is 0 Å². The fourth-order valence-corrected chi connectivity index (χ4v) is 12.5. The molecule has 0 fully saturated rings. The molecule has 7 aromatic rings. The summed E-state index contributed by atoms with van der Waals surface area (Å²) in [4.78, 5) is 10.5. The zero-order valence-corrected chi connectivity index (χ0v) is 31.0. The van der Waals surface area contributed by atoms with Gasteiger partial charge in [-0.05, 0) is 82.6 Å². The van der Waals surface area contributed by atoms with Crippen LogP contribution in [0, 0.1) is 0 Å². The monoisotopic (exact) mass is 710 g/mol. The lowest BCUT2D eigenvalue weighted by Crippen LogP contribution is -2.62. The van der Waals surface area contributed by atoms with Gasteiger partial charge in [-0.2, -0.15) is 0 Å². The summed E-state index contributed by atoms with van der Waals surface area (Å²) in [5.41, 5.74) is 18.8. The van der Waals surface area contributed by atoms with Gasteiger partial charge in [0.05, 0.1) is 0 Å². The SMILES string of the molecule is CC1(C)C2=C(c3ccccc31)N(c1ccccc1)c1cccc3c1B2c1cc2c(cc1S3)Sc1cccc3c1B2c1ccccc1N3c1ccccc1. The summed E-state index contributed by atoms with van der Waals surface area (Å²) in [5, 5.41) is 0. The molecule has 0 spiro atoms. The average Bonchev–Trinajstić information content (AvgIpc) is 3.44.